The molecule has 0 saturated carbocycles. The highest BCUT2D eigenvalue weighted by Gasteiger charge is 2.38. The Bertz CT molecular complexity index is 689. The first-order chi connectivity index (χ1) is 10.8. The number of rotatable bonds is 2. The SMILES string of the molecule is CCN1CCC2CCC(C1)N2c1ncnc2ccc(F)cc12. The summed E-state index contributed by atoms with van der Waals surface area (Å²) in [7, 11) is 0. The standard InChI is InChI=1S/C17H21FN4/c1-2-21-8-7-13-4-5-14(10-21)22(13)17-15-9-12(18)3-6-16(15)19-11-20-17/h3,6,9,11,13-14H,2,4-5,7-8,10H2,1H3. The summed E-state index contributed by atoms with van der Waals surface area (Å²) in [6, 6.07) is 5.78. The third-order valence-corrected chi connectivity index (χ3v) is 5.14. The Morgan fingerprint density at radius 1 is 1.18 bits per heavy atom. The Morgan fingerprint density at radius 3 is 2.91 bits per heavy atom. The molecule has 0 amide bonds. The van der Waals surface area contributed by atoms with Crippen LogP contribution in [0.1, 0.15) is 26.2 Å². The van der Waals surface area contributed by atoms with Gasteiger partial charge in [-0.2, -0.15) is 0 Å². The largest absolute Gasteiger partial charge is 0.349 e. The van der Waals surface area contributed by atoms with Gasteiger partial charge in [0, 0.05) is 30.6 Å². The van der Waals surface area contributed by atoms with Crippen LogP contribution in [-0.2, 0) is 0 Å². The lowest BCUT2D eigenvalue weighted by Crippen LogP contribution is -2.39. The lowest BCUT2D eigenvalue weighted by molar-refractivity contribution is 0.273. The molecule has 4 rings (SSSR count). The van der Waals surface area contributed by atoms with E-state index in [1.807, 2.05) is 0 Å². The molecule has 0 N–H and O–H groups in total. The molecule has 2 atom stereocenters. The van der Waals surface area contributed by atoms with Gasteiger partial charge in [0.2, 0.25) is 0 Å². The van der Waals surface area contributed by atoms with Crippen LogP contribution in [0, 0.1) is 5.82 Å². The van der Waals surface area contributed by atoms with Gasteiger partial charge in [-0.3, -0.25) is 0 Å². The zero-order valence-corrected chi connectivity index (χ0v) is 12.9. The summed E-state index contributed by atoms with van der Waals surface area (Å²) in [6.45, 7) is 5.54. The van der Waals surface area contributed by atoms with E-state index in [9.17, 15) is 4.39 Å². The lowest BCUT2D eigenvalue weighted by atomic mass is 10.1. The van der Waals surface area contributed by atoms with Crippen LogP contribution in [0.15, 0.2) is 24.5 Å². The maximum Gasteiger partial charge on any atom is 0.140 e. The van der Waals surface area contributed by atoms with E-state index in [0.717, 1.165) is 42.8 Å². The van der Waals surface area contributed by atoms with Gasteiger partial charge in [0.15, 0.2) is 0 Å². The minimum atomic E-state index is -0.221. The van der Waals surface area contributed by atoms with E-state index < -0.39 is 0 Å². The Hall–Kier alpha value is -1.75. The first kappa shape index (κ1) is 13.9. The van der Waals surface area contributed by atoms with Gasteiger partial charge in [-0.05, 0) is 44.0 Å². The Kier molecular flexibility index (Phi) is 3.45. The van der Waals surface area contributed by atoms with Crippen LogP contribution in [-0.4, -0.2) is 46.6 Å². The van der Waals surface area contributed by atoms with Gasteiger partial charge in [-0.1, -0.05) is 6.92 Å². The summed E-state index contributed by atoms with van der Waals surface area (Å²) in [4.78, 5) is 13.8. The Labute approximate surface area is 130 Å². The second-order valence-electron chi connectivity index (χ2n) is 6.33. The first-order valence-corrected chi connectivity index (χ1v) is 8.17. The van der Waals surface area contributed by atoms with Crippen molar-refractivity contribution in [3.05, 3.63) is 30.3 Å². The number of halogens is 1. The molecule has 116 valence electrons. The molecule has 2 saturated heterocycles. The van der Waals surface area contributed by atoms with Crippen LogP contribution in [0.4, 0.5) is 10.2 Å². The maximum absolute atomic E-state index is 13.7. The van der Waals surface area contributed by atoms with Gasteiger partial charge < -0.3 is 9.80 Å². The van der Waals surface area contributed by atoms with E-state index in [0.29, 0.717) is 12.1 Å². The number of likely N-dealkylation sites (tertiary alicyclic amines) is 1. The van der Waals surface area contributed by atoms with Crippen molar-refractivity contribution in [2.75, 3.05) is 24.5 Å². The van der Waals surface area contributed by atoms with Crippen LogP contribution in [0.2, 0.25) is 0 Å². The predicted molar refractivity (Wildman–Crippen MR) is 85.5 cm³/mol. The third-order valence-electron chi connectivity index (χ3n) is 5.14. The van der Waals surface area contributed by atoms with E-state index in [-0.39, 0.29) is 5.82 Å². The summed E-state index contributed by atoms with van der Waals surface area (Å²) < 4.78 is 13.7. The average molecular weight is 300 g/mol. The molecule has 0 aliphatic carbocycles. The minimum absolute atomic E-state index is 0.221. The van der Waals surface area contributed by atoms with Gasteiger partial charge in [-0.15, -0.1) is 0 Å². The minimum Gasteiger partial charge on any atom is -0.349 e. The van der Waals surface area contributed by atoms with Gasteiger partial charge in [0.25, 0.3) is 0 Å². The molecule has 2 aliphatic heterocycles. The summed E-state index contributed by atoms with van der Waals surface area (Å²) in [6.07, 6.45) is 5.17. The summed E-state index contributed by atoms with van der Waals surface area (Å²) in [5, 5.41) is 0.837. The molecule has 1 aromatic heterocycles. The van der Waals surface area contributed by atoms with Crippen LogP contribution < -0.4 is 4.90 Å². The second-order valence-corrected chi connectivity index (χ2v) is 6.33. The summed E-state index contributed by atoms with van der Waals surface area (Å²) >= 11 is 0. The van der Waals surface area contributed by atoms with Gasteiger partial charge in [0.05, 0.1) is 5.52 Å². The van der Waals surface area contributed by atoms with E-state index in [4.69, 9.17) is 0 Å². The number of likely N-dealkylation sites (N-methyl/N-ethyl adjacent to an activating group) is 1. The van der Waals surface area contributed by atoms with Gasteiger partial charge in [0.1, 0.15) is 18.0 Å². The van der Waals surface area contributed by atoms with Gasteiger partial charge in [-0.25, -0.2) is 14.4 Å². The first-order valence-electron chi connectivity index (χ1n) is 8.17. The fraction of sp³-hybridized carbons (Fsp3) is 0.529. The van der Waals surface area contributed by atoms with Gasteiger partial charge >= 0.3 is 0 Å². The number of hydrogen-bond donors (Lipinski definition) is 0. The number of nitrogens with zero attached hydrogens (tertiary/aromatic N) is 4. The molecule has 4 nitrogen and oxygen atoms in total. The summed E-state index contributed by atoms with van der Waals surface area (Å²) in [5.41, 5.74) is 0.822. The molecule has 2 aromatic rings. The Morgan fingerprint density at radius 2 is 2.05 bits per heavy atom. The zero-order valence-electron chi connectivity index (χ0n) is 12.9. The van der Waals surface area contributed by atoms with Crippen molar-refractivity contribution in [1.29, 1.82) is 0 Å². The van der Waals surface area contributed by atoms with Crippen molar-refractivity contribution in [3.8, 4) is 0 Å². The number of anilines is 1. The van der Waals surface area contributed by atoms with Crippen molar-refractivity contribution >= 4 is 16.7 Å². The quantitative estimate of drug-likeness (QED) is 0.854. The number of benzene rings is 1. The molecule has 2 aliphatic rings. The highest BCUT2D eigenvalue weighted by atomic mass is 19.1. The number of fused-ring (bicyclic) bond motifs is 3. The number of hydrogen-bond acceptors (Lipinski definition) is 4. The van der Waals surface area contributed by atoms with E-state index in [2.05, 4.69) is 26.7 Å². The molecule has 2 bridgehead atoms. The fourth-order valence-electron chi connectivity index (χ4n) is 4.00. The van der Waals surface area contributed by atoms with Crippen LogP contribution in [0.5, 0.6) is 0 Å². The number of aromatic nitrogens is 2. The molecule has 0 spiro atoms. The fourth-order valence-corrected chi connectivity index (χ4v) is 4.00. The van der Waals surface area contributed by atoms with Crippen molar-refractivity contribution in [3.63, 3.8) is 0 Å². The van der Waals surface area contributed by atoms with Crippen LogP contribution >= 0.6 is 0 Å². The van der Waals surface area contributed by atoms with Crippen LogP contribution in [0.25, 0.3) is 10.9 Å². The maximum atomic E-state index is 13.7. The molecule has 1 aromatic carbocycles. The van der Waals surface area contributed by atoms with E-state index >= 15 is 0 Å². The molecule has 22 heavy (non-hydrogen) atoms. The second kappa shape index (κ2) is 5.47. The van der Waals surface area contributed by atoms with Crippen molar-refractivity contribution in [2.45, 2.75) is 38.3 Å². The molecule has 2 fully saturated rings. The molecular weight excluding hydrogens is 279 g/mol. The highest BCUT2D eigenvalue weighted by Crippen LogP contribution is 2.36. The summed E-state index contributed by atoms with van der Waals surface area (Å²) in [5.74, 6) is 0.691. The van der Waals surface area contributed by atoms with E-state index in [1.54, 1.807) is 18.5 Å². The third kappa shape index (κ3) is 2.24. The molecule has 0 radical (unpaired) electrons. The lowest BCUT2D eigenvalue weighted by Gasteiger charge is -2.30. The molecule has 5 heteroatoms. The van der Waals surface area contributed by atoms with Crippen molar-refractivity contribution in [1.82, 2.24) is 14.9 Å². The van der Waals surface area contributed by atoms with Crippen molar-refractivity contribution in [2.24, 2.45) is 0 Å². The topological polar surface area (TPSA) is 32.3 Å². The molecule has 3 heterocycles. The van der Waals surface area contributed by atoms with Crippen LogP contribution in [0.3, 0.4) is 0 Å². The average Bonchev–Trinajstić information content (AvgIpc) is 2.81. The van der Waals surface area contributed by atoms with Crippen molar-refractivity contribution < 1.29 is 4.39 Å². The predicted octanol–water partition coefficient (Wildman–Crippen LogP) is 2.83. The molecule has 2 unspecified atom stereocenters. The normalized spacial score (nSPS) is 25.6. The highest BCUT2D eigenvalue weighted by molar-refractivity contribution is 5.89. The zero-order chi connectivity index (χ0) is 15.1. The molecular formula is C17H21FN4. The Balaban J connectivity index is 1.79. The van der Waals surface area contributed by atoms with E-state index in [1.165, 1.54) is 18.9 Å². The monoisotopic (exact) mass is 300 g/mol. The smallest absolute Gasteiger partial charge is 0.140 e.